The molecular formula is C62H43N. The maximum Gasteiger partial charge on any atom is 0.0462 e. The van der Waals surface area contributed by atoms with E-state index >= 15 is 0 Å². The molecule has 0 amide bonds. The Morgan fingerprint density at radius 2 is 0.508 bits per heavy atom. The smallest absolute Gasteiger partial charge is 0.0462 e. The summed E-state index contributed by atoms with van der Waals surface area (Å²) in [5.41, 5.74) is 17.8. The molecule has 1 heteroatoms. The minimum atomic E-state index is 1.09. The van der Waals surface area contributed by atoms with Gasteiger partial charge in [0.2, 0.25) is 0 Å². The molecule has 0 aliphatic rings. The van der Waals surface area contributed by atoms with Crippen molar-refractivity contribution < 1.29 is 0 Å². The third-order valence-electron chi connectivity index (χ3n) is 12.3. The van der Waals surface area contributed by atoms with Crippen LogP contribution in [0.15, 0.2) is 261 Å². The van der Waals surface area contributed by atoms with Gasteiger partial charge in [0.05, 0.1) is 0 Å². The molecule has 0 heterocycles. The molecule has 0 bridgehead atoms. The lowest BCUT2D eigenvalue weighted by Gasteiger charge is -2.26. The molecule has 0 atom stereocenters. The van der Waals surface area contributed by atoms with Crippen LogP contribution < -0.4 is 4.90 Å². The molecule has 63 heavy (non-hydrogen) atoms. The summed E-state index contributed by atoms with van der Waals surface area (Å²) in [5.74, 6) is 0. The van der Waals surface area contributed by atoms with Crippen molar-refractivity contribution in [2.75, 3.05) is 4.90 Å². The Balaban J connectivity index is 1.03. The van der Waals surface area contributed by atoms with Crippen LogP contribution in [0.5, 0.6) is 0 Å². The first kappa shape index (κ1) is 37.7. The largest absolute Gasteiger partial charge is 0.311 e. The highest BCUT2D eigenvalue weighted by molar-refractivity contribution is 6.24. The van der Waals surface area contributed by atoms with Crippen molar-refractivity contribution in [3.8, 4) is 66.8 Å². The monoisotopic (exact) mass is 801 g/mol. The number of fused-ring (bicyclic) bond motifs is 3. The molecule has 11 aromatic rings. The topological polar surface area (TPSA) is 3.24 Å². The van der Waals surface area contributed by atoms with Crippen LogP contribution in [-0.2, 0) is 0 Å². The summed E-state index contributed by atoms with van der Waals surface area (Å²) in [6, 6.07) is 94.5. The van der Waals surface area contributed by atoms with Gasteiger partial charge in [-0.2, -0.15) is 0 Å². The molecule has 11 rings (SSSR count). The van der Waals surface area contributed by atoms with Gasteiger partial charge in [0.25, 0.3) is 0 Å². The van der Waals surface area contributed by atoms with Gasteiger partial charge in [-0.3, -0.25) is 0 Å². The Hall–Kier alpha value is -8.26. The fourth-order valence-corrected chi connectivity index (χ4v) is 9.24. The zero-order valence-electron chi connectivity index (χ0n) is 34.8. The first-order valence-electron chi connectivity index (χ1n) is 21.7. The molecule has 0 spiro atoms. The average Bonchev–Trinajstić information content (AvgIpc) is 3.37. The van der Waals surface area contributed by atoms with E-state index in [0.29, 0.717) is 0 Å². The number of nitrogens with zero attached hydrogens (tertiary/aromatic N) is 1. The van der Waals surface area contributed by atoms with Crippen LogP contribution in [0.2, 0.25) is 0 Å². The minimum Gasteiger partial charge on any atom is -0.311 e. The molecule has 11 aromatic carbocycles. The summed E-state index contributed by atoms with van der Waals surface area (Å²) in [4.78, 5) is 2.36. The summed E-state index contributed by atoms with van der Waals surface area (Å²) < 4.78 is 0. The third-order valence-corrected chi connectivity index (χ3v) is 12.3. The number of benzene rings is 11. The average molecular weight is 802 g/mol. The second kappa shape index (κ2) is 16.7. The minimum absolute atomic E-state index is 1.09. The maximum absolute atomic E-state index is 2.36. The van der Waals surface area contributed by atoms with Gasteiger partial charge in [-0.25, -0.2) is 0 Å². The van der Waals surface area contributed by atoms with Crippen LogP contribution in [-0.4, -0.2) is 0 Å². The molecule has 0 fully saturated rings. The van der Waals surface area contributed by atoms with Crippen molar-refractivity contribution in [2.24, 2.45) is 0 Å². The molecule has 0 unspecified atom stereocenters. The van der Waals surface area contributed by atoms with Crippen LogP contribution in [0.4, 0.5) is 17.1 Å². The Kier molecular flexibility index (Phi) is 9.97. The Bertz CT molecular complexity index is 3300. The molecule has 0 saturated heterocycles. The third kappa shape index (κ3) is 7.26. The van der Waals surface area contributed by atoms with Gasteiger partial charge in [-0.15, -0.1) is 0 Å². The van der Waals surface area contributed by atoms with E-state index in [9.17, 15) is 0 Å². The molecule has 0 N–H and O–H groups in total. The lowest BCUT2D eigenvalue weighted by Crippen LogP contribution is -2.09. The predicted molar refractivity (Wildman–Crippen MR) is 269 cm³/mol. The highest BCUT2D eigenvalue weighted by atomic mass is 15.1. The summed E-state index contributed by atoms with van der Waals surface area (Å²) in [7, 11) is 0. The second-order valence-electron chi connectivity index (χ2n) is 16.0. The van der Waals surface area contributed by atoms with E-state index in [1.807, 2.05) is 0 Å². The van der Waals surface area contributed by atoms with Crippen LogP contribution in [0.25, 0.3) is 88.3 Å². The highest BCUT2D eigenvalue weighted by Crippen LogP contribution is 2.48. The maximum atomic E-state index is 2.36. The molecule has 0 radical (unpaired) electrons. The Labute approximate surface area is 369 Å². The van der Waals surface area contributed by atoms with Crippen molar-refractivity contribution in [1.29, 1.82) is 0 Å². The van der Waals surface area contributed by atoms with Gasteiger partial charge in [0.1, 0.15) is 0 Å². The second-order valence-corrected chi connectivity index (χ2v) is 16.0. The van der Waals surface area contributed by atoms with Crippen molar-refractivity contribution in [1.82, 2.24) is 0 Å². The zero-order valence-corrected chi connectivity index (χ0v) is 34.8. The Morgan fingerprint density at radius 1 is 0.190 bits per heavy atom. The normalized spacial score (nSPS) is 11.2. The number of hydrogen-bond donors (Lipinski definition) is 0. The Morgan fingerprint density at radius 3 is 0.952 bits per heavy atom. The van der Waals surface area contributed by atoms with Crippen LogP contribution in [0.3, 0.4) is 0 Å². The van der Waals surface area contributed by atoms with Gasteiger partial charge in [-0.05, 0) is 125 Å². The fraction of sp³-hybridized carbons (Fsp3) is 0. The molecule has 296 valence electrons. The molecule has 0 aliphatic carbocycles. The lowest BCUT2D eigenvalue weighted by molar-refractivity contribution is 1.28. The summed E-state index contributed by atoms with van der Waals surface area (Å²) in [5, 5.41) is 5.02. The van der Waals surface area contributed by atoms with E-state index in [2.05, 4.69) is 266 Å². The van der Waals surface area contributed by atoms with Crippen LogP contribution >= 0.6 is 0 Å². The van der Waals surface area contributed by atoms with Gasteiger partial charge in [-0.1, -0.05) is 224 Å². The van der Waals surface area contributed by atoms with E-state index in [1.54, 1.807) is 0 Å². The van der Waals surface area contributed by atoms with Gasteiger partial charge in [0.15, 0.2) is 0 Å². The number of anilines is 3. The predicted octanol–water partition coefficient (Wildman–Crippen LogP) is 17.5. The zero-order chi connectivity index (χ0) is 42.0. The van der Waals surface area contributed by atoms with E-state index in [4.69, 9.17) is 0 Å². The molecule has 0 aliphatic heterocycles. The first-order valence-corrected chi connectivity index (χ1v) is 21.7. The number of rotatable bonds is 9. The van der Waals surface area contributed by atoms with Crippen molar-refractivity contribution in [3.63, 3.8) is 0 Å². The lowest BCUT2D eigenvalue weighted by atomic mass is 9.82. The first-order chi connectivity index (χ1) is 31.3. The van der Waals surface area contributed by atoms with Crippen molar-refractivity contribution in [3.05, 3.63) is 261 Å². The fourth-order valence-electron chi connectivity index (χ4n) is 9.24. The molecule has 0 saturated carbocycles. The van der Waals surface area contributed by atoms with Crippen molar-refractivity contribution >= 4 is 38.6 Å². The SMILES string of the molecule is c1ccc(-c2ccc(-c3ccc(N(c4ccc(-c5ccccc5)cc4)c4ccc(-c5cccc6c5c(-c5ccccc5)c(-c5ccccc5)c5ccccc56)cc4)cc3)cc2)cc1. The van der Waals surface area contributed by atoms with Crippen LogP contribution in [0.1, 0.15) is 0 Å². The van der Waals surface area contributed by atoms with Crippen LogP contribution in [0, 0.1) is 0 Å². The van der Waals surface area contributed by atoms with E-state index in [1.165, 1.54) is 88.3 Å². The quantitative estimate of drug-likeness (QED) is 0.131. The van der Waals surface area contributed by atoms with E-state index < -0.39 is 0 Å². The number of hydrogen-bond acceptors (Lipinski definition) is 1. The van der Waals surface area contributed by atoms with Gasteiger partial charge < -0.3 is 4.90 Å². The summed E-state index contributed by atoms with van der Waals surface area (Å²) in [6.07, 6.45) is 0. The van der Waals surface area contributed by atoms with Crippen molar-refractivity contribution in [2.45, 2.75) is 0 Å². The van der Waals surface area contributed by atoms with E-state index in [-0.39, 0.29) is 0 Å². The van der Waals surface area contributed by atoms with E-state index in [0.717, 1.165) is 17.1 Å². The summed E-state index contributed by atoms with van der Waals surface area (Å²) in [6.45, 7) is 0. The molecular weight excluding hydrogens is 759 g/mol. The summed E-state index contributed by atoms with van der Waals surface area (Å²) >= 11 is 0. The van der Waals surface area contributed by atoms with Gasteiger partial charge >= 0.3 is 0 Å². The standard InChI is InChI=1S/C62H43N/c1-5-16-44(17-6-1)46-28-30-47(31-29-46)49-34-40-54(41-35-49)63(53-38-32-48(33-39-53)45-18-7-2-8-19-45)55-42-36-50(37-43-55)56-26-15-27-59-57-24-13-14-25-58(57)60(51-20-9-3-10-21-51)61(62(56)59)52-22-11-4-12-23-52/h1-43H. The molecule has 0 aromatic heterocycles. The molecule has 1 nitrogen and oxygen atoms in total. The van der Waals surface area contributed by atoms with Gasteiger partial charge in [0, 0.05) is 17.1 Å². The highest BCUT2D eigenvalue weighted by Gasteiger charge is 2.21.